The highest BCUT2D eigenvalue weighted by molar-refractivity contribution is 7.97. The fraction of sp³-hybridized carbons (Fsp3) is 0.229. The number of carbonyl (C=O) groups excluding carboxylic acids is 2. The number of benzene rings is 4. The SMILES string of the molecule is CCNSc1cccc(C(=O)Nc2ccc(OCC3CC3)cc2C(=O)Nc2ccc(CCc3ccc(C(=O)O)cc3)cc2)c1. The molecule has 4 aromatic carbocycles. The summed E-state index contributed by atoms with van der Waals surface area (Å²) in [5.41, 5.74) is 4.21. The summed E-state index contributed by atoms with van der Waals surface area (Å²) in [7, 11) is 0. The van der Waals surface area contributed by atoms with Gasteiger partial charge in [0, 0.05) is 22.7 Å². The van der Waals surface area contributed by atoms with Gasteiger partial charge >= 0.3 is 5.97 Å². The molecule has 1 saturated carbocycles. The average Bonchev–Trinajstić information content (AvgIpc) is 3.88. The summed E-state index contributed by atoms with van der Waals surface area (Å²) < 4.78 is 9.12. The van der Waals surface area contributed by atoms with Gasteiger partial charge in [0.1, 0.15) is 5.75 Å². The molecule has 1 fully saturated rings. The highest BCUT2D eigenvalue weighted by atomic mass is 32.2. The van der Waals surface area contributed by atoms with E-state index in [1.54, 1.807) is 36.4 Å². The van der Waals surface area contributed by atoms with Gasteiger partial charge in [0.15, 0.2) is 0 Å². The molecular weight excluding hydrogens is 574 g/mol. The van der Waals surface area contributed by atoms with Crippen molar-refractivity contribution >= 4 is 41.1 Å². The quantitative estimate of drug-likeness (QED) is 0.113. The molecule has 226 valence electrons. The molecule has 0 atom stereocenters. The van der Waals surface area contributed by atoms with Gasteiger partial charge in [-0.2, -0.15) is 0 Å². The Balaban J connectivity index is 1.26. The molecule has 5 rings (SSSR count). The lowest BCUT2D eigenvalue weighted by atomic mass is 10.0. The van der Waals surface area contributed by atoms with E-state index in [0.717, 1.165) is 48.3 Å². The molecule has 44 heavy (non-hydrogen) atoms. The number of nitrogens with one attached hydrogen (secondary N) is 3. The monoisotopic (exact) mass is 609 g/mol. The second-order valence-electron chi connectivity index (χ2n) is 10.7. The van der Waals surface area contributed by atoms with Crippen LogP contribution in [0.25, 0.3) is 0 Å². The van der Waals surface area contributed by atoms with Crippen molar-refractivity contribution in [3.05, 3.63) is 119 Å². The molecule has 0 spiro atoms. The summed E-state index contributed by atoms with van der Waals surface area (Å²) in [6.45, 7) is 3.41. The van der Waals surface area contributed by atoms with Crippen LogP contribution in [0.15, 0.2) is 95.9 Å². The minimum atomic E-state index is -0.939. The maximum absolute atomic E-state index is 13.5. The number of carbonyl (C=O) groups is 3. The van der Waals surface area contributed by atoms with Crippen molar-refractivity contribution in [3.8, 4) is 5.75 Å². The number of hydrogen-bond acceptors (Lipinski definition) is 6. The Morgan fingerprint density at radius 1 is 0.818 bits per heavy atom. The molecule has 4 aromatic rings. The van der Waals surface area contributed by atoms with Crippen molar-refractivity contribution in [3.63, 3.8) is 0 Å². The predicted octanol–water partition coefficient (Wildman–Crippen LogP) is 7.08. The highest BCUT2D eigenvalue weighted by Gasteiger charge is 2.23. The summed E-state index contributed by atoms with van der Waals surface area (Å²) in [6, 6.07) is 27.0. The van der Waals surface area contributed by atoms with Crippen molar-refractivity contribution in [1.82, 2.24) is 4.72 Å². The molecule has 0 heterocycles. The van der Waals surface area contributed by atoms with Gasteiger partial charge in [0.2, 0.25) is 0 Å². The first-order valence-electron chi connectivity index (χ1n) is 14.7. The molecule has 0 bridgehead atoms. The van der Waals surface area contributed by atoms with Crippen LogP contribution in [0, 0.1) is 5.92 Å². The topological polar surface area (TPSA) is 117 Å². The number of rotatable bonds is 14. The molecule has 1 aliphatic carbocycles. The standard InChI is InChI=1S/C35H35N3O5S/c1-2-36-44-30-5-3-4-27(20-30)33(39)38-32-19-18-29(43-22-25-8-9-25)21-31(32)34(40)37-28-16-12-24(13-17-28)7-6-23-10-14-26(15-11-23)35(41)42/h3-5,10-21,25,36H,2,6-9,22H2,1H3,(H,37,40)(H,38,39)(H,41,42). The van der Waals surface area contributed by atoms with Crippen LogP contribution >= 0.6 is 11.9 Å². The molecule has 4 N–H and O–H groups in total. The zero-order valence-corrected chi connectivity index (χ0v) is 25.3. The van der Waals surface area contributed by atoms with E-state index in [4.69, 9.17) is 9.84 Å². The Hall–Kier alpha value is -4.60. The normalized spacial score (nSPS) is 12.4. The fourth-order valence-corrected chi connectivity index (χ4v) is 5.16. The molecular formula is C35H35N3O5S. The fourth-order valence-electron chi connectivity index (χ4n) is 4.52. The Morgan fingerprint density at radius 3 is 2.18 bits per heavy atom. The number of ether oxygens (including phenoxy) is 1. The van der Waals surface area contributed by atoms with Gasteiger partial charge in [-0.3, -0.25) is 14.3 Å². The number of aromatic carboxylic acids is 1. The summed E-state index contributed by atoms with van der Waals surface area (Å²) in [6.07, 6.45) is 3.84. The summed E-state index contributed by atoms with van der Waals surface area (Å²) >= 11 is 1.46. The molecule has 2 amide bonds. The zero-order valence-electron chi connectivity index (χ0n) is 24.5. The van der Waals surface area contributed by atoms with Crippen molar-refractivity contribution in [1.29, 1.82) is 0 Å². The van der Waals surface area contributed by atoms with Gasteiger partial charge in [-0.1, -0.05) is 37.3 Å². The van der Waals surface area contributed by atoms with Crippen LogP contribution in [-0.4, -0.2) is 36.0 Å². The first-order valence-corrected chi connectivity index (χ1v) is 15.5. The lowest BCUT2D eigenvalue weighted by molar-refractivity contribution is 0.0696. The largest absolute Gasteiger partial charge is 0.493 e. The minimum Gasteiger partial charge on any atom is -0.493 e. The van der Waals surface area contributed by atoms with Crippen LogP contribution in [0.5, 0.6) is 5.75 Å². The van der Waals surface area contributed by atoms with E-state index in [9.17, 15) is 14.4 Å². The number of amides is 2. The maximum atomic E-state index is 13.5. The molecule has 8 nitrogen and oxygen atoms in total. The lowest BCUT2D eigenvalue weighted by Crippen LogP contribution is -2.18. The number of hydrogen-bond donors (Lipinski definition) is 4. The van der Waals surface area contributed by atoms with Gasteiger partial charge in [-0.05, 0) is 115 Å². The van der Waals surface area contributed by atoms with Crippen LogP contribution in [0.4, 0.5) is 11.4 Å². The smallest absolute Gasteiger partial charge is 0.335 e. The van der Waals surface area contributed by atoms with E-state index in [1.165, 1.54) is 11.9 Å². The van der Waals surface area contributed by atoms with Gasteiger partial charge in [-0.15, -0.1) is 0 Å². The van der Waals surface area contributed by atoms with E-state index in [1.807, 2.05) is 61.5 Å². The Labute approximate surface area is 261 Å². The van der Waals surface area contributed by atoms with Crippen LogP contribution in [0.1, 0.15) is 62.0 Å². The van der Waals surface area contributed by atoms with E-state index in [0.29, 0.717) is 40.8 Å². The number of carboxylic acids is 1. The molecule has 0 aliphatic heterocycles. The van der Waals surface area contributed by atoms with Gasteiger partial charge in [0.25, 0.3) is 11.8 Å². The van der Waals surface area contributed by atoms with Crippen molar-refractivity contribution < 1.29 is 24.2 Å². The van der Waals surface area contributed by atoms with Gasteiger partial charge in [-0.25, -0.2) is 4.79 Å². The number of carboxylic acid groups (broad SMARTS) is 1. The Kier molecular flexibility index (Phi) is 10.3. The van der Waals surface area contributed by atoms with Crippen molar-refractivity contribution in [2.75, 3.05) is 23.8 Å². The number of aryl methyl sites for hydroxylation is 2. The van der Waals surface area contributed by atoms with Crippen LogP contribution < -0.4 is 20.1 Å². The third-order valence-electron chi connectivity index (χ3n) is 7.21. The molecule has 9 heteroatoms. The van der Waals surface area contributed by atoms with Crippen molar-refractivity contribution in [2.24, 2.45) is 5.92 Å². The zero-order chi connectivity index (χ0) is 30.9. The van der Waals surface area contributed by atoms with Crippen LogP contribution in [-0.2, 0) is 12.8 Å². The number of anilines is 2. The first-order chi connectivity index (χ1) is 21.4. The van der Waals surface area contributed by atoms with Crippen LogP contribution in [0.3, 0.4) is 0 Å². The van der Waals surface area contributed by atoms with Gasteiger partial charge in [0.05, 0.1) is 23.4 Å². The predicted molar refractivity (Wildman–Crippen MR) is 174 cm³/mol. The Bertz CT molecular complexity index is 1620. The van der Waals surface area contributed by atoms with Crippen molar-refractivity contribution in [2.45, 2.75) is 37.5 Å². The second kappa shape index (κ2) is 14.7. The minimum absolute atomic E-state index is 0.268. The van der Waals surface area contributed by atoms with E-state index >= 15 is 0 Å². The van der Waals surface area contributed by atoms with Gasteiger partial charge < -0.3 is 20.5 Å². The van der Waals surface area contributed by atoms with E-state index < -0.39 is 5.97 Å². The average molecular weight is 610 g/mol. The maximum Gasteiger partial charge on any atom is 0.335 e. The third-order valence-corrected chi connectivity index (χ3v) is 8.13. The highest BCUT2D eigenvalue weighted by Crippen LogP contribution is 2.31. The van der Waals surface area contributed by atoms with E-state index in [2.05, 4.69) is 15.4 Å². The molecule has 0 saturated heterocycles. The lowest BCUT2D eigenvalue weighted by Gasteiger charge is -2.15. The van der Waals surface area contributed by atoms with Crippen LogP contribution in [0.2, 0.25) is 0 Å². The molecule has 1 aliphatic rings. The first kappa shape index (κ1) is 30.8. The summed E-state index contributed by atoms with van der Waals surface area (Å²) in [5.74, 6) is -0.477. The molecule has 0 radical (unpaired) electrons. The molecule has 0 unspecified atom stereocenters. The van der Waals surface area contributed by atoms with E-state index in [-0.39, 0.29) is 17.4 Å². The third kappa shape index (κ3) is 8.72. The Morgan fingerprint density at radius 2 is 1.52 bits per heavy atom. The summed E-state index contributed by atoms with van der Waals surface area (Å²) in [4.78, 5) is 38.7. The molecule has 0 aromatic heterocycles. The second-order valence-corrected chi connectivity index (χ2v) is 11.7. The summed E-state index contributed by atoms with van der Waals surface area (Å²) in [5, 5.41) is 14.9.